The van der Waals surface area contributed by atoms with Gasteiger partial charge in [-0.15, -0.1) is 0 Å². The molecule has 0 aromatic heterocycles. The summed E-state index contributed by atoms with van der Waals surface area (Å²) in [5.74, 6) is 0.489. The maximum absolute atomic E-state index is 13.7. The molecule has 0 bridgehead atoms. The van der Waals surface area contributed by atoms with Crippen LogP contribution in [0.25, 0.3) is 0 Å². The van der Waals surface area contributed by atoms with Crippen LogP contribution in [-0.4, -0.2) is 7.11 Å². The third-order valence-corrected chi connectivity index (χ3v) is 2.75. The SMILES string of the molecule is COc1cc(N)ccc1OCc1ccc(C#N)cc1F. The van der Waals surface area contributed by atoms with Gasteiger partial charge in [-0.05, 0) is 24.3 Å². The number of nitriles is 1. The van der Waals surface area contributed by atoms with E-state index in [-0.39, 0.29) is 12.2 Å². The number of nitrogens with zero attached hydrogens (tertiary/aromatic N) is 1. The highest BCUT2D eigenvalue weighted by Crippen LogP contribution is 2.29. The molecule has 4 nitrogen and oxygen atoms in total. The first kappa shape index (κ1) is 13.7. The highest BCUT2D eigenvalue weighted by atomic mass is 19.1. The van der Waals surface area contributed by atoms with Crippen molar-refractivity contribution in [2.75, 3.05) is 12.8 Å². The molecule has 0 amide bonds. The van der Waals surface area contributed by atoms with Crippen molar-refractivity contribution in [1.82, 2.24) is 0 Å². The maximum Gasteiger partial charge on any atom is 0.162 e. The van der Waals surface area contributed by atoms with Gasteiger partial charge in [0.1, 0.15) is 12.4 Å². The van der Waals surface area contributed by atoms with Crippen molar-refractivity contribution < 1.29 is 13.9 Å². The highest BCUT2D eigenvalue weighted by molar-refractivity contribution is 5.52. The lowest BCUT2D eigenvalue weighted by Crippen LogP contribution is -2.01. The molecule has 0 fully saturated rings. The molecule has 5 heteroatoms. The molecule has 0 atom stereocenters. The molecule has 0 aliphatic heterocycles. The van der Waals surface area contributed by atoms with Crippen LogP contribution < -0.4 is 15.2 Å². The minimum atomic E-state index is -0.474. The zero-order valence-corrected chi connectivity index (χ0v) is 10.9. The van der Waals surface area contributed by atoms with Crippen LogP contribution in [0.5, 0.6) is 11.5 Å². The Morgan fingerprint density at radius 3 is 2.65 bits per heavy atom. The minimum absolute atomic E-state index is 0.0395. The van der Waals surface area contributed by atoms with E-state index in [4.69, 9.17) is 20.5 Å². The third-order valence-electron chi connectivity index (χ3n) is 2.75. The summed E-state index contributed by atoms with van der Waals surface area (Å²) in [5, 5.41) is 8.68. The summed E-state index contributed by atoms with van der Waals surface area (Å²) >= 11 is 0. The van der Waals surface area contributed by atoms with E-state index in [2.05, 4.69) is 0 Å². The fraction of sp³-hybridized carbons (Fsp3) is 0.133. The lowest BCUT2D eigenvalue weighted by atomic mass is 10.1. The topological polar surface area (TPSA) is 68.3 Å². The molecule has 0 aliphatic rings. The zero-order chi connectivity index (χ0) is 14.5. The van der Waals surface area contributed by atoms with Gasteiger partial charge >= 0.3 is 0 Å². The second-order valence-electron chi connectivity index (χ2n) is 4.12. The number of methoxy groups -OCH3 is 1. The molecule has 2 rings (SSSR count). The van der Waals surface area contributed by atoms with Crippen LogP contribution in [0.15, 0.2) is 36.4 Å². The molecule has 2 N–H and O–H groups in total. The van der Waals surface area contributed by atoms with E-state index in [1.165, 1.54) is 19.2 Å². The normalized spacial score (nSPS) is 9.85. The Labute approximate surface area is 116 Å². The van der Waals surface area contributed by atoms with E-state index in [1.807, 2.05) is 6.07 Å². The van der Waals surface area contributed by atoms with E-state index in [0.29, 0.717) is 22.7 Å². The summed E-state index contributed by atoms with van der Waals surface area (Å²) in [6.45, 7) is 0.0395. The Kier molecular flexibility index (Phi) is 4.06. The van der Waals surface area contributed by atoms with Crippen LogP contribution in [-0.2, 0) is 6.61 Å². The molecular weight excluding hydrogens is 259 g/mol. The molecular formula is C15H13FN2O2. The Morgan fingerprint density at radius 2 is 2.00 bits per heavy atom. The summed E-state index contributed by atoms with van der Waals surface area (Å²) in [6, 6.07) is 11.1. The zero-order valence-electron chi connectivity index (χ0n) is 10.9. The number of benzene rings is 2. The number of halogens is 1. The molecule has 2 aromatic rings. The number of nitrogens with two attached hydrogens (primary N) is 1. The van der Waals surface area contributed by atoms with Crippen LogP contribution in [0.1, 0.15) is 11.1 Å². The number of rotatable bonds is 4. The molecule has 0 heterocycles. The lowest BCUT2D eigenvalue weighted by Gasteiger charge is -2.11. The molecule has 2 aromatic carbocycles. The van der Waals surface area contributed by atoms with E-state index in [0.717, 1.165) is 0 Å². The van der Waals surface area contributed by atoms with Crippen LogP contribution in [0, 0.1) is 17.1 Å². The first-order valence-electron chi connectivity index (χ1n) is 5.89. The molecule has 0 saturated carbocycles. The second kappa shape index (κ2) is 5.93. The van der Waals surface area contributed by atoms with Crippen molar-refractivity contribution in [2.45, 2.75) is 6.61 Å². The third kappa shape index (κ3) is 2.98. The van der Waals surface area contributed by atoms with Crippen LogP contribution >= 0.6 is 0 Å². The molecule has 0 unspecified atom stereocenters. The molecule has 0 radical (unpaired) electrons. The van der Waals surface area contributed by atoms with Gasteiger partial charge in [0.15, 0.2) is 11.5 Å². The van der Waals surface area contributed by atoms with Crippen molar-refractivity contribution in [2.24, 2.45) is 0 Å². The quantitative estimate of drug-likeness (QED) is 0.869. The van der Waals surface area contributed by atoms with Crippen LogP contribution in [0.3, 0.4) is 0 Å². The molecule has 20 heavy (non-hydrogen) atoms. The van der Waals surface area contributed by atoms with Gasteiger partial charge in [0.25, 0.3) is 0 Å². The molecule has 102 valence electrons. The van der Waals surface area contributed by atoms with E-state index < -0.39 is 5.82 Å². The molecule has 0 spiro atoms. The second-order valence-corrected chi connectivity index (χ2v) is 4.12. The van der Waals surface area contributed by atoms with Crippen molar-refractivity contribution in [3.63, 3.8) is 0 Å². The average molecular weight is 272 g/mol. The first-order valence-corrected chi connectivity index (χ1v) is 5.89. The average Bonchev–Trinajstić information content (AvgIpc) is 2.46. The van der Waals surface area contributed by atoms with Crippen molar-refractivity contribution in [1.29, 1.82) is 5.26 Å². The Morgan fingerprint density at radius 1 is 1.20 bits per heavy atom. The van der Waals surface area contributed by atoms with Crippen molar-refractivity contribution >= 4 is 5.69 Å². The van der Waals surface area contributed by atoms with Crippen LogP contribution in [0.2, 0.25) is 0 Å². The number of anilines is 1. The predicted octanol–water partition coefficient (Wildman–Crippen LogP) is 2.87. The summed E-state index contributed by atoms with van der Waals surface area (Å²) in [5.41, 5.74) is 6.83. The number of hydrogen-bond acceptors (Lipinski definition) is 4. The monoisotopic (exact) mass is 272 g/mol. The molecule has 0 saturated heterocycles. The molecule has 0 aliphatic carbocycles. The number of ether oxygens (including phenoxy) is 2. The summed E-state index contributed by atoms with van der Waals surface area (Å²) in [7, 11) is 1.50. The Bertz CT molecular complexity index is 665. The van der Waals surface area contributed by atoms with Gasteiger partial charge in [0, 0.05) is 17.3 Å². The van der Waals surface area contributed by atoms with Crippen molar-refractivity contribution in [3.05, 3.63) is 53.3 Å². The number of nitrogen functional groups attached to an aromatic ring is 1. The van der Waals surface area contributed by atoms with Crippen LogP contribution in [0.4, 0.5) is 10.1 Å². The van der Waals surface area contributed by atoms with Gasteiger partial charge in [-0.3, -0.25) is 0 Å². The van der Waals surface area contributed by atoms with Gasteiger partial charge < -0.3 is 15.2 Å². The predicted molar refractivity (Wildman–Crippen MR) is 72.9 cm³/mol. The fourth-order valence-corrected chi connectivity index (χ4v) is 1.69. The summed E-state index contributed by atoms with van der Waals surface area (Å²) < 4.78 is 24.4. The van der Waals surface area contributed by atoms with Gasteiger partial charge in [-0.1, -0.05) is 6.07 Å². The Balaban J connectivity index is 2.15. The lowest BCUT2D eigenvalue weighted by molar-refractivity contribution is 0.280. The fourth-order valence-electron chi connectivity index (χ4n) is 1.69. The minimum Gasteiger partial charge on any atom is -0.493 e. The smallest absolute Gasteiger partial charge is 0.162 e. The van der Waals surface area contributed by atoms with Gasteiger partial charge in [0.2, 0.25) is 0 Å². The summed E-state index contributed by atoms with van der Waals surface area (Å²) in [4.78, 5) is 0. The largest absolute Gasteiger partial charge is 0.493 e. The van der Waals surface area contributed by atoms with Gasteiger partial charge in [-0.2, -0.15) is 5.26 Å². The van der Waals surface area contributed by atoms with E-state index in [9.17, 15) is 4.39 Å². The van der Waals surface area contributed by atoms with E-state index >= 15 is 0 Å². The van der Waals surface area contributed by atoms with Gasteiger partial charge in [0.05, 0.1) is 18.7 Å². The Hall–Kier alpha value is -2.74. The van der Waals surface area contributed by atoms with Gasteiger partial charge in [-0.25, -0.2) is 4.39 Å². The van der Waals surface area contributed by atoms with Crippen molar-refractivity contribution in [3.8, 4) is 17.6 Å². The first-order chi connectivity index (χ1) is 9.63. The number of hydrogen-bond donors (Lipinski definition) is 1. The summed E-state index contributed by atoms with van der Waals surface area (Å²) in [6.07, 6.45) is 0. The maximum atomic E-state index is 13.7. The standard InChI is InChI=1S/C15H13FN2O2/c1-19-15-7-12(18)4-5-14(15)20-9-11-3-2-10(8-17)6-13(11)16/h2-7H,9,18H2,1H3. The van der Waals surface area contributed by atoms with E-state index in [1.54, 1.807) is 24.3 Å². The highest BCUT2D eigenvalue weighted by Gasteiger charge is 2.08.